The summed E-state index contributed by atoms with van der Waals surface area (Å²) in [6.07, 6.45) is 7.07. The van der Waals surface area contributed by atoms with Gasteiger partial charge in [-0.25, -0.2) is 4.79 Å². The Morgan fingerprint density at radius 1 is 1.14 bits per heavy atom. The number of carbonyl (C=O) groups is 4. The van der Waals surface area contributed by atoms with E-state index >= 15 is 0 Å². The Morgan fingerprint density at radius 3 is 2.24 bits per heavy atom. The molecular weight excluding hydrogens is 472 g/mol. The molecule has 4 N–H and O–H groups in total. The molecule has 1 saturated carbocycles. The van der Waals surface area contributed by atoms with E-state index in [2.05, 4.69) is 16.6 Å². The summed E-state index contributed by atoms with van der Waals surface area (Å²) < 4.78 is 5.36. The van der Waals surface area contributed by atoms with Crippen LogP contribution in [0.4, 0.5) is 4.79 Å². The maximum absolute atomic E-state index is 14.1. The summed E-state index contributed by atoms with van der Waals surface area (Å²) in [5.41, 5.74) is 4.99. The lowest BCUT2D eigenvalue weighted by molar-refractivity contribution is -0.148. The van der Waals surface area contributed by atoms with E-state index < -0.39 is 41.1 Å². The summed E-state index contributed by atoms with van der Waals surface area (Å²) in [4.78, 5) is 53.6. The fourth-order valence-electron chi connectivity index (χ4n) is 4.08. The molecule has 9 nitrogen and oxygen atoms in total. The van der Waals surface area contributed by atoms with Crippen molar-refractivity contribution in [2.24, 2.45) is 5.73 Å². The highest BCUT2D eigenvalue weighted by molar-refractivity contribution is 5.93. The Balaban J connectivity index is 2.57. The molecule has 1 aromatic carbocycles. The van der Waals surface area contributed by atoms with Crippen molar-refractivity contribution in [3.63, 3.8) is 0 Å². The number of carbonyl (C=O) groups excluding carboxylic acids is 4. The first-order valence-corrected chi connectivity index (χ1v) is 12.6. The topological polar surface area (TPSA) is 131 Å². The van der Waals surface area contributed by atoms with Gasteiger partial charge >= 0.3 is 6.09 Å². The molecule has 0 radical (unpaired) electrons. The zero-order valence-electron chi connectivity index (χ0n) is 22.7. The molecule has 0 aliphatic heterocycles. The third-order valence-electron chi connectivity index (χ3n) is 5.83. The van der Waals surface area contributed by atoms with Crippen molar-refractivity contribution < 1.29 is 23.9 Å². The third-order valence-corrected chi connectivity index (χ3v) is 5.83. The van der Waals surface area contributed by atoms with Crippen LogP contribution in [-0.4, -0.2) is 51.9 Å². The molecule has 1 aromatic rings. The van der Waals surface area contributed by atoms with Gasteiger partial charge in [-0.3, -0.25) is 14.4 Å². The Kier molecular flexibility index (Phi) is 9.73. The van der Waals surface area contributed by atoms with Gasteiger partial charge in [0.05, 0.1) is 0 Å². The van der Waals surface area contributed by atoms with Crippen molar-refractivity contribution in [1.29, 1.82) is 0 Å². The van der Waals surface area contributed by atoms with Gasteiger partial charge in [0.2, 0.25) is 17.7 Å². The van der Waals surface area contributed by atoms with E-state index in [4.69, 9.17) is 16.9 Å². The predicted octanol–water partition coefficient (Wildman–Crippen LogP) is 3.16. The molecule has 0 aromatic heterocycles. The number of hydrogen-bond donors (Lipinski definition) is 3. The van der Waals surface area contributed by atoms with Gasteiger partial charge in [0, 0.05) is 23.6 Å². The van der Waals surface area contributed by atoms with Crippen molar-refractivity contribution in [2.45, 2.75) is 103 Å². The van der Waals surface area contributed by atoms with E-state index in [1.54, 1.807) is 45.0 Å². The molecule has 2 atom stereocenters. The minimum atomic E-state index is -1.13. The van der Waals surface area contributed by atoms with Gasteiger partial charge in [-0.15, -0.1) is 6.42 Å². The first-order chi connectivity index (χ1) is 17.1. The van der Waals surface area contributed by atoms with Crippen LogP contribution >= 0.6 is 0 Å². The maximum Gasteiger partial charge on any atom is 0.408 e. The smallest absolute Gasteiger partial charge is 0.408 e. The lowest BCUT2D eigenvalue weighted by Crippen LogP contribution is -2.58. The monoisotopic (exact) mass is 512 g/mol. The van der Waals surface area contributed by atoms with Crippen LogP contribution in [0.15, 0.2) is 24.3 Å². The highest BCUT2D eigenvalue weighted by Crippen LogP contribution is 2.35. The molecule has 0 saturated heterocycles. The number of nitrogens with zero attached hydrogens (tertiary/aromatic N) is 1. The number of nitrogens with two attached hydrogens (primary N) is 1. The highest BCUT2D eigenvalue weighted by Gasteiger charge is 2.43. The van der Waals surface area contributed by atoms with E-state index in [9.17, 15) is 19.2 Å². The fraction of sp³-hybridized carbons (Fsp3) is 0.571. The Hall–Kier alpha value is -3.54. The average Bonchev–Trinajstić information content (AvgIpc) is 2.72. The fourth-order valence-corrected chi connectivity index (χ4v) is 4.08. The van der Waals surface area contributed by atoms with Gasteiger partial charge < -0.3 is 26.0 Å². The first-order valence-electron chi connectivity index (χ1n) is 12.6. The first kappa shape index (κ1) is 29.7. The molecule has 0 heterocycles. The van der Waals surface area contributed by atoms with E-state index in [0.717, 1.165) is 6.42 Å². The Bertz CT molecular complexity index is 1040. The van der Waals surface area contributed by atoms with Crippen molar-refractivity contribution in [2.75, 3.05) is 0 Å². The molecule has 0 bridgehead atoms. The number of amides is 4. The summed E-state index contributed by atoms with van der Waals surface area (Å²) in [5, 5.41) is 5.58. The van der Waals surface area contributed by atoms with Crippen LogP contribution in [0.2, 0.25) is 0 Å². The van der Waals surface area contributed by atoms with Crippen LogP contribution in [0, 0.1) is 12.3 Å². The molecule has 0 spiro atoms. The summed E-state index contributed by atoms with van der Waals surface area (Å²) >= 11 is 0. The van der Waals surface area contributed by atoms with Crippen LogP contribution in [-0.2, 0) is 19.1 Å². The molecule has 2 unspecified atom stereocenters. The number of ether oxygens (including phenoxy) is 1. The highest BCUT2D eigenvalue weighted by atomic mass is 16.6. The summed E-state index contributed by atoms with van der Waals surface area (Å²) in [7, 11) is 0. The number of rotatable bonds is 9. The van der Waals surface area contributed by atoms with E-state index in [0.29, 0.717) is 24.0 Å². The van der Waals surface area contributed by atoms with Gasteiger partial charge in [-0.1, -0.05) is 24.1 Å². The van der Waals surface area contributed by atoms with Crippen molar-refractivity contribution >= 4 is 23.8 Å². The minimum absolute atomic E-state index is 0.0406. The van der Waals surface area contributed by atoms with Crippen LogP contribution in [0.3, 0.4) is 0 Å². The van der Waals surface area contributed by atoms with Gasteiger partial charge in [0.15, 0.2) is 0 Å². The largest absolute Gasteiger partial charge is 0.444 e. The lowest BCUT2D eigenvalue weighted by atomic mass is 9.86. The quantitative estimate of drug-likeness (QED) is 0.438. The van der Waals surface area contributed by atoms with Gasteiger partial charge in [0.1, 0.15) is 17.7 Å². The van der Waals surface area contributed by atoms with Gasteiger partial charge in [-0.05, 0) is 78.9 Å². The van der Waals surface area contributed by atoms with E-state index in [-0.39, 0.29) is 24.8 Å². The zero-order valence-corrected chi connectivity index (χ0v) is 22.7. The molecular formula is C28H40N4O5. The number of alkyl carbamates (subject to hydrolysis) is 1. The number of benzene rings is 1. The molecule has 37 heavy (non-hydrogen) atoms. The number of nitrogens with one attached hydrogen (secondary N) is 2. The van der Waals surface area contributed by atoms with E-state index in [1.807, 2.05) is 20.8 Å². The lowest BCUT2D eigenvalue weighted by Gasteiger charge is -2.44. The number of primary amides is 1. The van der Waals surface area contributed by atoms with E-state index in [1.165, 1.54) is 4.90 Å². The molecule has 4 amide bonds. The van der Waals surface area contributed by atoms with Crippen LogP contribution in [0.25, 0.3) is 0 Å². The standard InChI is InChI=1S/C28H40N4O5/c1-8-18-12-9-10-15-20(18)23(24(34)31-27(2,3)4)32(19-13-11-14-19)25(35)21(16-17-22(29)33)30-26(36)37-28(5,6)7/h1,9-10,12,15,19,21,23H,11,13-14,16-17H2,2-7H3,(H2,29,33)(H,30,36)(H,31,34). The summed E-state index contributed by atoms with van der Waals surface area (Å²) in [5.74, 6) is 1.12. The minimum Gasteiger partial charge on any atom is -0.444 e. The van der Waals surface area contributed by atoms with Crippen molar-refractivity contribution in [1.82, 2.24) is 15.5 Å². The Morgan fingerprint density at radius 2 is 1.76 bits per heavy atom. The second kappa shape index (κ2) is 12.1. The molecule has 1 aliphatic carbocycles. The van der Waals surface area contributed by atoms with Crippen molar-refractivity contribution in [3.8, 4) is 12.3 Å². The average molecular weight is 513 g/mol. The summed E-state index contributed by atoms with van der Waals surface area (Å²) in [6, 6.07) is 4.57. The molecule has 1 fully saturated rings. The predicted molar refractivity (Wildman–Crippen MR) is 141 cm³/mol. The number of hydrogen-bond acceptors (Lipinski definition) is 5. The zero-order chi connectivity index (χ0) is 28.0. The third kappa shape index (κ3) is 8.81. The molecule has 2 rings (SSSR count). The molecule has 1 aliphatic rings. The van der Waals surface area contributed by atoms with Gasteiger partial charge in [0.25, 0.3) is 0 Å². The maximum atomic E-state index is 14.1. The normalized spacial score (nSPS) is 15.4. The SMILES string of the molecule is C#Cc1ccccc1C(C(=O)NC(C)(C)C)N(C(=O)C(CCC(N)=O)NC(=O)OC(C)(C)C)C1CCC1. The summed E-state index contributed by atoms with van der Waals surface area (Å²) in [6.45, 7) is 10.7. The van der Waals surface area contributed by atoms with Gasteiger partial charge in [-0.2, -0.15) is 0 Å². The second-order valence-corrected chi connectivity index (χ2v) is 11.4. The molecule has 9 heteroatoms. The number of terminal acetylenes is 1. The second-order valence-electron chi connectivity index (χ2n) is 11.4. The molecule has 202 valence electrons. The van der Waals surface area contributed by atoms with Crippen LogP contribution in [0.1, 0.15) is 90.8 Å². The van der Waals surface area contributed by atoms with Crippen molar-refractivity contribution in [3.05, 3.63) is 35.4 Å². The Labute approximate surface area is 219 Å². The van der Waals surface area contributed by atoms with Crippen LogP contribution in [0.5, 0.6) is 0 Å². The van der Waals surface area contributed by atoms with Crippen LogP contribution < -0.4 is 16.4 Å².